The van der Waals surface area contributed by atoms with E-state index in [9.17, 15) is 9.59 Å². The standard InChI is InChI=1S/C28H31NO4/c1-18(2)16-33-28(31)25-19(3)29-23-10-7-11-24(30)27(23)26(25)21-12-14-22(15-13-21)32-17-20-8-5-4-6-9-20/h4-6,8-9,12-15,18,26,29H,7,10-11,16-17H2,1-3H3/t26-/m0/s1. The Morgan fingerprint density at radius 1 is 1.06 bits per heavy atom. The minimum Gasteiger partial charge on any atom is -0.489 e. The molecule has 0 saturated carbocycles. The number of nitrogens with one attached hydrogen (secondary N) is 1. The number of rotatable bonds is 7. The molecule has 33 heavy (non-hydrogen) atoms. The summed E-state index contributed by atoms with van der Waals surface area (Å²) in [6.07, 6.45) is 2.13. The first kappa shape index (κ1) is 22.8. The van der Waals surface area contributed by atoms with E-state index in [-0.39, 0.29) is 17.7 Å². The largest absolute Gasteiger partial charge is 0.489 e. The molecule has 5 heteroatoms. The summed E-state index contributed by atoms with van der Waals surface area (Å²) in [5.74, 6) is 0.270. The van der Waals surface area contributed by atoms with Crippen molar-refractivity contribution in [2.75, 3.05) is 6.61 Å². The minimum atomic E-state index is -0.433. The van der Waals surface area contributed by atoms with Crippen LogP contribution < -0.4 is 10.1 Å². The average molecular weight is 446 g/mol. The van der Waals surface area contributed by atoms with Gasteiger partial charge in [0.05, 0.1) is 12.2 Å². The summed E-state index contributed by atoms with van der Waals surface area (Å²) in [5.41, 5.74) is 4.88. The Labute approximate surface area is 195 Å². The molecular weight excluding hydrogens is 414 g/mol. The molecule has 1 aliphatic heterocycles. The van der Waals surface area contributed by atoms with E-state index in [2.05, 4.69) is 5.32 Å². The molecule has 2 aliphatic rings. The number of esters is 1. The van der Waals surface area contributed by atoms with Gasteiger partial charge >= 0.3 is 5.97 Å². The Morgan fingerprint density at radius 2 is 1.79 bits per heavy atom. The summed E-state index contributed by atoms with van der Waals surface area (Å²) >= 11 is 0. The van der Waals surface area contributed by atoms with Crippen molar-refractivity contribution < 1.29 is 19.1 Å². The highest BCUT2D eigenvalue weighted by molar-refractivity contribution is 6.03. The van der Waals surface area contributed by atoms with Gasteiger partial charge in [-0.3, -0.25) is 4.79 Å². The molecule has 1 atom stereocenters. The van der Waals surface area contributed by atoms with E-state index in [0.29, 0.717) is 30.8 Å². The summed E-state index contributed by atoms with van der Waals surface area (Å²) in [6.45, 7) is 6.72. The number of allylic oxidation sites excluding steroid dienone is 3. The molecule has 5 nitrogen and oxygen atoms in total. The van der Waals surface area contributed by atoms with Crippen LogP contribution in [0.2, 0.25) is 0 Å². The van der Waals surface area contributed by atoms with E-state index in [4.69, 9.17) is 9.47 Å². The molecular formula is C28H31NO4. The molecule has 0 aromatic heterocycles. The average Bonchev–Trinajstić information content (AvgIpc) is 2.81. The number of hydrogen-bond acceptors (Lipinski definition) is 5. The Kier molecular flexibility index (Phi) is 6.97. The smallest absolute Gasteiger partial charge is 0.336 e. The van der Waals surface area contributed by atoms with Crippen molar-refractivity contribution in [3.8, 4) is 5.75 Å². The topological polar surface area (TPSA) is 64.6 Å². The van der Waals surface area contributed by atoms with Crippen LogP contribution in [0, 0.1) is 5.92 Å². The maximum absolute atomic E-state index is 13.1. The van der Waals surface area contributed by atoms with Gasteiger partial charge in [0.25, 0.3) is 0 Å². The molecule has 0 radical (unpaired) electrons. The van der Waals surface area contributed by atoms with Crippen molar-refractivity contribution in [3.05, 3.63) is 88.3 Å². The van der Waals surface area contributed by atoms with E-state index < -0.39 is 5.92 Å². The lowest BCUT2D eigenvalue weighted by Gasteiger charge is -2.34. The van der Waals surface area contributed by atoms with Gasteiger partial charge in [-0.2, -0.15) is 0 Å². The third-order valence-corrected chi connectivity index (χ3v) is 6.01. The third-order valence-electron chi connectivity index (χ3n) is 6.01. The fraction of sp³-hybridized carbons (Fsp3) is 0.357. The lowest BCUT2D eigenvalue weighted by Crippen LogP contribution is -2.34. The van der Waals surface area contributed by atoms with Gasteiger partial charge in [0, 0.05) is 29.3 Å². The lowest BCUT2D eigenvalue weighted by molar-refractivity contribution is -0.140. The number of hydrogen-bond donors (Lipinski definition) is 1. The second-order valence-electron chi connectivity index (χ2n) is 9.10. The van der Waals surface area contributed by atoms with Crippen molar-refractivity contribution in [1.82, 2.24) is 5.32 Å². The number of carbonyl (C=O) groups excluding carboxylic acids is 2. The van der Waals surface area contributed by atoms with Crippen LogP contribution in [0.1, 0.15) is 57.1 Å². The summed E-state index contributed by atoms with van der Waals surface area (Å²) in [5, 5.41) is 3.33. The van der Waals surface area contributed by atoms with Gasteiger partial charge in [0.15, 0.2) is 5.78 Å². The molecule has 2 aromatic carbocycles. The van der Waals surface area contributed by atoms with Crippen molar-refractivity contribution in [3.63, 3.8) is 0 Å². The Morgan fingerprint density at radius 3 is 2.48 bits per heavy atom. The number of ketones is 1. The van der Waals surface area contributed by atoms with Crippen LogP contribution in [-0.4, -0.2) is 18.4 Å². The molecule has 0 spiro atoms. The first-order chi connectivity index (χ1) is 15.9. The first-order valence-corrected chi connectivity index (χ1v) is 11.6. The zero-order valence-electron chi connectivity index (χ0n) is 19.5. The number of ether oxygens (including phenoxy) is 2. The highest BCUT2D eigenvalue weighted by atomic mass is 16.5. The highest BCUT2D eigenvalue weighted by Gasteiger charge is 2.39. The minimum absolute atomic E-state index is 0.0970. The number of benzene rings is 2. The van der Waals surface area contributed by atoms with Gasteiger partial charge in [-0.05, 0) is 48.9 Å². The molecule has 0 bridgehead atoms. The van der Waals surface area contributed by atoms with E-state index >= 15 is 0 Å². The number of dihydropyridines is 1. The molecule has 1 heterocycles. The van der Waals surface area contributed by atoms with Gasteiger partial charge in [0.2, 0.25) is 0 Å². The molecule has 0 amide bonds. The maximum Gasteiger partial charge on any atom is 0.336 e. The van der Waals surface area contributed by atoms with Crippen LogP contribution in [-0.2, 0) is 20.9 Å². The summed E-state index contributed by atoms with van der Waals surface area (Å²) in [4.78, 5) is 26.1. The summed E-state index contributed by atoms with van der Waals surface area (Å²) in [7, 11) is 0. The van der Waals surface area contributed by atoms with Crippen LogP contribution in [0.4, 0.5) is 0 Å². The van der Waals surface area contributed by atoms with E-state index in [1.807, 2.05) is 75.4 Å². The second kappa shape index (κ2) is 10.1. The van der Waals surface area contributed by atoms with Gasteiger partial charge in [0.1, 0.15) is 12.4 Å². The Hall–Kier alpha value is -3.34. The van der Waals surface area contributed by atoms with Gasteiger partial charge < -0.3 is 14.8 Å². The lowest BCUT2D eigenvalue weighted by atomic mass is 9.75. The van der Waals surface area contributed by atoms with Crippen LogP contribution >= 0.6 is 0 Å². The molecule has 1 N–H and O–H groups in total. The first-order valence-electron chi connectivity index (χ1n) is 11.6. The number of carbonyl (C=O) groups is 2. The van der Waals surface area contributed by atoms with E-state index in [0.717, 1.165) is 41.1 Å². The normalized spacial score (nSPS) is 18.2. The van der Waals surface area contributed by atoms with Gasteiger partial charge in [-0.25, -0.2) is 4.79 Å². The van der Waals surface area contributed by atoms with Gasteiger partial charge in [-0.1, -0.05) is 56.3 Å². The zero-order chi connectivity index (χ0) is 23.4. The Balaban J connectivity index is 1.63. The fourth-order valence-electron chi connectivity index (χ4n) is 4.40. The zero-order valence-corrected chi connectivity index (χ0v) is 19.5. The molecule has 1 aliphatic carbocycles. The molecule has 0 saturated heterocycles. The van der Waals surface area contributed by atoms with Crippen molar-refractivity contribution in [1.29, 1.82) is 0 Å². The number of Topliss-reactive ketones (excluding diaryl/α,β-unsaturated/α-hetero) is 1. The van der Waals surface area contributed by atoms with Crippen LogP contribution in [0.25, 0.3) is 0 Å². The predicted octanol–water partition coefficient (Wildman–Crippen LogP) is 5.43. The van der Waals surface area contributed by atoms with E-state index in [1.54, 1.807) is 0 Å². The molecule has 0 fully saturated rings. The molecule has 2 aromatic rings. The van der Waals surface area contributed by atoms with Crippen molar-refractivity contribution in [2.45, 2.75) is 52.6 Å². The fourth-order valence-corrected chi connectivity index (χ4v) is 4.40. The molecule has 4 rings (SSSR count). The molecule has 0 unspecified atom stereocenters. The maximum atomic E-state index is 13.1. The summed E-state index contributed by atoms with van der Waals surface area (Å²) < 4.78 is 11.5. The van der Waals surface area contributed by atoms with E-state index in [1.165, 1.54) is 0 Å². The van der Waals surface area contributed by atoms with Crippen molar-refractivity contribution >= 4 is 11.8 Å². The SMILES string of the molecule is CC1=C(C(=O)OCC(C)C)[C@H](c2ccc(OCc3ccccc3)cc2)C2=C(CCCC2=O)N1. The van der Waals surface area contributed by atoms with Gasteiger partial charge in [-0.15, -0.1) is 0 Å². The van der Waals surface area contributed by atoms with Crippen LogP contribution in [0.3, 0.4) is 0 Å². The quantitative estimate of drug-likeness (QED) is 0.576. The third kappa shape index (κ3) is 5.19. The molecule has 172 valence electrons. The predicted molar refractivity (Wildman–Crippen MR) is 127 cm³/mol. The van der Waals surface area contributed by atoms with Crippen LogP contribution in [0.15, 0.2) is 77.1 Å². The second-order valence-corrected chi connectivity index (χ2v) is 9.10. The highest BCUT2D eigenvalue weighted by Crippen LogP contribution is 2.42. The van der Waals surface area contributed by atoms with Crippen LogP contribution in [0.5, 0.6) is 5.75 Å². The Bertz CT molecular complexity index is 1080. The summed E-state index contributed by atoms with van der Waals surface area (Å²) in [6, 6.07) is 17.7. The monoisotopic (exact) mass is 445 g/mol. The van der Waals surface area contributed by atoms with Crippen molar-refractivity contribution in [2.24, 2.45) is 5.92 Å².